The van der Waals surface area contributed by atoms with E-state index in [0.717, 1.165) is 12.3 Å². The number of pyridine rings is 4. The Morgan fingerprint density at radius 1 is 0.464 bits per heavy atom. The Morgan fingerprint density at radius 3 is 0.964 bits per heavy atom. The Bertz CT molecular complexity index is 808. The van der Waals surface area contributed by atoms with E-state index >= 15 is 0 Å². The van der Waals surface area contributed by atoms with Crippen molar-refractivity contribution in [1.82, 2.24) is 19.9 Å². The third-order valence-corrected chi connectivity index (χ3v) is 9.62. The molecule has 0 aliphatic rings. The lowest BCUT2D eigenvalue weighted by Crippen LogP contribution is -2.20. The topological polar surface area (TPSA) is 51.6 Å². The zero-order valence-electron chi connectivity index (χ0n) is 15.3. The third-order valence-electron chi connectivity index (χ3n) is 4.38. The number of nitrogens with zero attached hydrogens (tertiary/aromatic N) is 4. The van der Waals surface area contributed by atoms with Crippen LogP contribution in [0.5, 0.6) is 0 Å². The van der Waals surface area contributed by atoms with Gasteiger partial charge in [-0.05, 0) is 73.7 Å². The van der Waals surface area contributed by atoms with E-state index in [9.17, 15) is 0 Å². The van der Waals surface area contributed by atoms with Crippen molar-refractivity contribution < 1.29 is 0 Å². The first-order chi connectivity index (χ1) is 13.9. The van der Waals surface area contributed by atoms with E-state index in [0.29, 0.717) is 0 Å². The molecule has 6 heteroatoms. The molecular formula is C22H20N4P2. The normalized spacial score (nSPS) is 11.1. The van der Waals surface area contributed by atoms with Gasteiger partial charge in [0.2, 0.25) is 0 Å². The summed E-state index contributed by atoms with van der Waals surface area (Å²) >= 11 is 0. The lowest BCUT2D eigenvalue weighted by atomic mass is 10.5. The molecule has 0 atom stereocenters. The van der Waals surface area contributed by atoms with Crippen molar-refractivity contribution in [2.45, 2.75) is 0 Å². The molecule has 0 aromatic carbocycles. The van der Waals surface area contributed by atoms with Gasteiger partial charge in [0, 0.05) is 49.6 Å². The molecule has 4 aromatic heterocycles. The molecule has 0 N–H and O–H groups in total. The van der Waals surface area contributed by atoms with E-state index < -0.39 is 15.8 Å². The molecule has 138 valence electrons. The number of rotatable bonds is 7. The van der Waals surface area contributed by atoms with Gasteiger partial charge >= 0.3 is 0 Å². The van der Waals surface area contributed by atoms with Gasteiger partial charge in [-0.2, -0.15) is 0 Å². The summed E-state index contributed by atoms with van der Waals surface area (Å²) in [6, 6.07) is 16.8. The Kier molecular flexibility index (Phi) is 6.44. The summed E-state index contributed by atoms with van der Waals surface area (Å²) in [6.07, 6.45) is 17.5. The van der Waals surface area contributed by atoms with Crippen LogP contribution in [0.4, 0.5) is 0 Å². The zero-order chi connectivity index (χ0) is 19.0. The molecule has 0 amide bonds. The minimum atomic E-state index is -0.514. The van der Waals surface area contributed by atoms with Crippen LogP contribution in [0.1, 0.15) is 0 Å². The Labute approximate surface area is 167 Å². The quantitative estimate of drug-likeness (QED) is 0.446. The fourth-order valence-electron chi connectivity index (χ4n) is 3.07. The molecule has 4 aromatic rings. The first-order valence-electron chi connectivity index (χ1n) is 9.07. The van der Waals surface area contributed by atoms with Crippen molar-refractivity contribution in [3.05, 3.63) is 98.1 Å². The second kappa shape index (κ2) is 9.59. The van der Waals surface area contributed by atoms with Gasteiger partial charge in [0.05, 0.1) is 0 Å². The smallest absolute Gasteiger partial charge is 0.0348 e. The second-order valence-corrected chi connectivity index (χ2v) is 10.8. The Morgan fingerprint density at radius 2 is 0.750 bits per heavy atom. The van der Waals surface area contributed by atoms with Crippen molar-refractivity contribution in [2.24, 2.45) is 0 Å². The van der Waals surface area contributed by atoms with Crippen LogP contribution in [-0.2, 0) is 0 Å². The van der Waals surface area contributed by atoms with Crippen molar-refractivity contribution >= 4 is 37.1 Å². The largest absolute Gasteiger partial charge is 0.264 e. The summed E-state index contributed by atoms with van der Waals surface area (Å²) in [5.41, 5.74) is 0. The van der Waals surface area contributed by atoms with Gasteiger partial charge in [-0.3, -0.25) is 19.9 Å². The molecule has 4 rings (SSSR count). The van der Waals surface area contributed by atoms with Crippen molar-refractivity contribution in [2.75, 3.05) is 12.3 Å². The first-order valence-corrected chi connectivity index (χ1v) is 12.1. The van der Waals surface area contributed by atoms with E-state index in [2.05, 4.69) is 44.2 Å². The van der Waals surface area contributed by atoms with E-state index in [1.807, 2.05) is 73.8 Å². The minimum absolute atomic E-state index is 0.514. The fourth-order valence-corrected chi connectivity index (χ4v) is 8.19. The van der Waals surface area contributed by atoms with Gasteiger partial charge in [-0.15, -0.1) is 0 Å². The standard InChI is InChI=1S/C22H20N4P2/c1-5-19(15-23-9-1)27(20-6-2-10-24-16-20)13-14-28(21-7-3-11-25-17-21)22-8-4-12-26-18-22/h1-12,15-18H,13-14H2. The highest BCUT2D eigenvalue weighted by atomic mass is 31.1. The van der Waals surface area contributed by atoms with Gasteiger partial charge in [-0.25, -0.2) is 0 Å². The highest BCUT2D eigenvalue weighted by molar-refractivity contribution is 7.76. The van der Waals surface area contributed by atoms with Crippen molar-refractivity contribution in [1.29, 1.82) is 0 Å². The predicted octanol–water partition coefficient (Wildman–Crippen LogP) is 2.83. The Balaban J connectivity index is 1.64. The second-order valence-electron chi connectivity index (χ2n) is 6.15. The lowest BCUT2D eigenvalue weighted by molar-refractivity contribution is 1.33. The van der Waals surface area contributed by atoms with Crippen molar-refractivity contribution in [3.8, 4) is 0 Å². The van der Waals surface area contributed by atoms with Crippen molar-refractivity contribution in [3.63, 3.8) is 0 Å². The zero-order valence-corrected chi connectivity index (χ0v) is 17.1. The molecule has 0 fully saturated rings. The Hall–Kier alpha value is -2.54. The summed E-state index contributed by atoms with van der Waals surface area (Å²) in [5, 5.41) is 5.16. The lowest BCUT2D eigenvalue weighted by Gasteiger charge is -2.23. The van der Waals surface area contributed by atoms with Gasteiger partial charge in [0.25, 0.3) is 0 Å². The fraction of sp³-hybridized carbons (Fsp3) is 0.0909. The minimum Gasteiger partial charge on any atom is -0.264 e. The molecule has 0 saturated heterocycles. The maximum absolute atomic E-state index is 4.36. The van der Waals surface area contributed by atoms with Crippen LogP contribution in [0.3, 0.4) is 0 Å². The van der Waals surface area contributed by atoms with Gasteiger partial charge in [0.15, 0.2) is 0 Å². The molecule has 0 aliphatic heterocycles. The summed E-state index contributed by atoms with van der Waals surface area (Å²) in [6.45, 7) is 0. The molecule has 0 aliphatic carbocycles. The van der Waals surface area contributed by atoms with Gasteiger partial charge in [0.1, 0.15) is 0 Å². The van der Waals surface area contributed by atoms with Crippen LogP contribution in [0.25, 0.3) is 0 Å². The SMILES string of the molecule is c1cncc(P(CCP(c2cccnc2)c2cccnc2)c2cccnc2)c1. The van der Waals surface area contributed by atoms with Crippen LogP contribution in [0.2, 0.25) is 0 Å². The maximum atomic E-state index is 4.36. The summed E-state index contributed by atoms with van der Waals surface area (Å²) < 4.78 is 0. The molecule has 0 saturated carbocycles. The van der Waals surface area contributed by atoms with Crippen LogP contribution in [0, 0.1) is 0 Å². The summed E-state index contributed by atoms with van der Waals surface area (Å²) in [7, 11) is -1.03. The monoisotopic (exact) mass is 402 g/mol. The van der Waals surface area contributed by atoms with E-state index in [-0.39, 0.29) is 0 Å². The average molecular weight is 402 g/mol. The van der Waals surface area contributed by atoms with Gasteiger partial charge in [-0.1, -0.05) is 24.3 Å². The predicted molar refractivity (Wildman–Crippen MR) is 119 cm³/mol. The van der Waals surface area contributed by atoms with E-state index in [4.69, 9.17) is 0 Å². The summed E-state index contributed by atoms with van der Waals surface area (Å²) in [5.74, 6) is 0. The molecular weight excluding hydrogens is 382 g/mol. The molecule has 0 bridgehead atoms. The van der Waals surface area contributed by atoms with Gasteiger partial charge < -0.3 is 0 Å². The van der Waals surface area contributed by atoms with Crippen LogP contribution >= 0.6 is 15.8 Å². The molecule has 28 heavy (non-hydrogen) atoms. The molecule has 0 unspecified atom stereocenters. The number of aromatic nitrogens is 4. The molecule has 4 nitrogen and oxygen atoms in total. The highest BCUT2D eigenvalue weighted by Gasteiger charge is 2.20. The molecule has 0 radical (unpaired) electrons. The first kappa shape index (κ1) is 18.8. The van der Waals surface area contributed by atoms with Crippen LogP contribution < -0.4 is 21.2 Å². The third kappa shape index (κ3) is 4.65. The highest BCUT2D eigenvalue weighted by Crippen LogP contribution is 2.40. The molecule has 0 spiro atoms. The number of hydrogen-bond acceptors (Lipinski definition) is 4. The van der Waals surface area contributed by atoms with Crippen LogP contribution in [-0.4, -0.2) is 32.3 Å². The van der Waals surface area contributed by atoms with E-state index in [1.54, 1.807) is 0 Å². The average Bonchev–Trinajstić information content (AvgIpc) is 2.79. The molecule has 4 heterocycles. The maximum Gasteiger partial charge on any atom is 0.0348 e. The van der Waals surface area contributed by atoms with Crippen LogP contribution in [0.15, 0.2) is 98.1 Å². The number of hydrogen-bond donors (Lipinski definition) is 0. The van der Waals surface area contributed by atoms with E-state index in [1.165, 1.54) is 21.2 Å². The summed E-state index contributed by atoms with van der Waals surface area (Å²) in [4.78, 5) is 17.4.